The second-order valence-electron chi connectivity index (χ2n) is 3.44. The fourth-order valence-electron chi connectivity index (χ4n) is 1.52. The van der Waals surface area contributed by atoms with Gasteiger partial charge in [0.1, 0.15) is 0 Å². The number of halogens is 1. The first kappa shape index (κ1) is 11.7. The van der Waals surface area contributed by atoms with Crippen LogP contribution in [0.3, 0.4) is 0 Å². The number of hydrazine groups is 1. The summed E-state index contributed by atoms with van der Waals surface area (Å²) in [6.45, 7) is 0. The van der Waals surface area contributed by atoms with Gasteiger partial charge in [-0.05, 0) is 39.0 Å². The molecule has 0 saturated carbocycles. The molecule has 0 aromatic carbocycles. The standard InChI is InChI=1S/C11H12BrN3S/c12-9-4-8(6-14-7-9)11(15-13)5-10-2-1-3-16-10/h1-4,6-7,11,15H,5,13H2. The van der Waals surface area contributed by atoms with Gasteiger partial charge in [-0.2, -0.15) is 0 Å². The van der Waals surface area contributed by atoms with Gasteiger partial charge in [-0.15, -0.1) is 11.3 Å². The van der Waals surface area contributed by atoms with Gasteiger partial charge in [-0.25, -0.2) is 0 Å². The highest BCUT2D eigenvalue weighted by atomic mass is 79.9. The number of hydrogen-bond acceptors (Lipinski definition) is 4. The maximum atomic E-state index is 5.58. The van der Waals surface area contributed by atoms with Crippen LogP contribution in [0.25, 0.3) is 0 Å². The predicted octanol–water partition coefficient (Wildman–Crippen LogP) is 2.65. The molecule has 16 heavy (non-hydrogen) atoms. The van der Waals surface area contributed by atoms with E-state index in [0.29, 0.717) is 0 Å². The Morgan fingerprint density at radius 3 is 3.00 bits per heavy atom. The Morgan fingerprint density at radius 2 is 2.38 bits per heavy atom. The summed E-state index contributed by atoms with van der Waals surface area (Å²) in [7, 11) is 0. The van der Waals surface area contributed by atoms with Crippen LogP contribution in [0.1, 0.15) is 16.5 Å². The van der Waals surface area contributed by atoms with Crippen molar-refractivity contribution in [3.8, 4) is 0 Å². The molecular weight excluding hydrogens is 286 g/mol. The van der Waals surface area contributed by atoms with E-state index in [0.717, 1.165) is 16.5 Å². The SMILES string of the molecule is NNC(Cc1cccs1)c1cncc(Br)c1. The maximum absolute atomic E-state index is 5.58. The second kappa shape index (κ2) is 5.54. The van der Waals surface area contributed by atoms with Gasteiger partial charge in [0, 0.05) is 28.2 Å². The van der Waals surface area contributed by atoms with Crippen LogP contribution in [0.4, 0.5) is 0 Å². The Morgan fingerprint density at radius 1 is 1.50 bits per heavy atom. The molecule has 2 heterocycles. The molecule has 2 aromatic rings. The average Bonchev–Trinajstić information content (AvgIpc) is 2.78. The largest absolute Gasteiger partial charge is 0.271 e. The van der Waals surface area contributed by atoms with Crippen molar-refractivity contribution in [3.63, 3.8) is 0 Å². The molecule has 5 heteroatoms. The molecule has 3 N–H and O–H groups in total. The third-order valence-corrected chi connectivity index (χ3v) is 3.65. The summed E-state index contributed by atoms with van der Waals surface area (Å²) in [5.41, 5.74) is 3.92. The van der Waals surface area contributed by atoms with Crippen LogP contribution in [0, 0.1) is 0 Å². The van der Waals surface area contributed by atoms with Crippen molar-refractivity contribution < 1.29 is 0 Å². The minimum atomic E-state index is 0.101. The second-order valence-corrected chi connectivity index (χ2v) is 5.39. The van der Waals surface area contributed by atoms with Crippen molar-refractivity contribution in [1.29, 1.82) is 0 Å². The van der Waals surface area contributed by atoms with Gasteiger partial charge < -0.3 is 0 Å². The number of rotatable bonds is 4. The van der Waals surface area contributed by atoms with Crippen LogP contribution in [0.5, 0.6) is 0 Å². The molecule has 0 fully saturated rings. The maximum Gasteiger partial charge on any atom is 0.0523 e. The molecule has 0 spiro atoms. The molecule has 0 aliphatic carbocycles. The van der Waals surface area contributed by atoms with Gasteiger partial charge in [-0.3, -0.25) is 16.3 Å². The van der Waals surface area contributed by atoms with Crippen LogP contribution < -0.4 is 11.3 Å². The van der Waals surface area contributed by atoms with Crippen molar-refractivity contribution in [3.05, 3.63) is 50.9 Å². The van der Waals surface area contributed by atoms with E-state index in [4.69, 9.17) is 5.84 Å². The highest BCUT2D eigenvalue weighted by Gasteiger charge is 2.11. The highest BCUT2D eigenvalue weighted by molar-refractivity contribution is 9.10. The van der Waals surface area contributed by atoms with Gasteiger partial charge in [0.2, 0.25) is 0 Å². The van der Waals surface area contributed by atoms with Gasteiger partial charge in [0.15, 0.2) is 0 Å². The molecular formula is C11H12BrN3S. The lowest BCUT2D eigenvalue weighted by Gasteiger charge is -2.15. The minimum Gasteiger partial charge on any atom is -0.271 e. The van der Waals surface area contributed by atoms with Gasteiger partial charge >= 0.3 is 0 Å². The first-order valence-electron chi connectivity index (χ1n) is 4.88. The van der Waals surface area contributed by atoms with Crippen LogP contribution >= 0.6 is 27.3 Å². The number of aromatic nitrogens is 1. The van der Waals surface area contributed by atoms with E-state index in [-0.39, 0.29) is 6.04 Å². The minimum absolute atomic E-state index is 0.101. The molecule has 0 aliphatic heterocycles. The van der Waals surface area contributed by atoms with E-state index in [1.807, 2.05) is 18.3 Å². The average molecular weight is 298 g/mol. The number of nitrogens with one attached hydrogen (secondary N) is 1. The molecule has 3 nitrogen and oxygen atoms in total. The fraction of sp³-hybridized carbons (Fsp3) is 0.182. The Balaban J connectivity index is 2.16. The Kier molecular flexibility index (Phi) is 4.06. The molecule has 0 aliphatic rings. The van der Waals surface area contributed by atoms with Crippen LogP contribution in [-0.2, 0) is 6.42 Å². The third-order valence-electron chi connectivity index (χ3n) is 2.31. The predicted molar refractivity (Wildman–Crippen MR) is 70.0 cm³/mol. The van der Waals surface area contributed by atoms with Gasteiger partial charge in [0.25, 0.3) is 0 Å². The zero-order valence-corrected chi connectivity index (χ0v) is 11.0. The van der Waals surface area contributed by atoms with Crippen LogP contribution in [0.2, 0.25) is 0 Å². The zero-order valence-electron chi connectivity index (χ0n) is 8.56. The molecule has 0 radical (unpaired) electrons. The van der Waals surface area contributed by atoms with E-state index >= 15 is 0 Å². The van der Waals surface area contributed by atoms with E-state index < -0.39 is 0 Å². The highest BCUT2D eigenvalue weighted by Crippen LogP contribution is 2.22. The van der Waals surface area contributed by atoms with Gasteiger partial charge in [-0.1, -0.05) is 6.07 Å². The Hall–Kier alpha value is -0.750. The molecule has 2 rings (SSSR count). The van der Waals surface area contributed by atoms with E-state index in [1.54, 1.807) is 17.5 Å². The molecule has 1 unspecified atom stereocenters. The summed E-state index contributed by atoms with van der Waals surface area (Å²) in [5, 5.41) is 2.07. The first-order chi connectivity index (χ1) is 7.79. The first-order valence-corrected chi connectivity index (χ1v) is 6.56. The van der Waals surface area contributed by atoms with E-state index in [9.17, 15) is 0 Å². The molecule has 1 atom stereocenters. The lowest BCUT2D eigenvalue weighted by Crippen LogP contribution is -2.29. The molecule has 84 valence electrons. The molecule has 0 saturated heterocycles. The van der Waals surface area contributed by atoms with E-state index in [2.05, 4.69) is 37.8 Å². The Labute approximate surface area is 107 Å². The number of nitrogens with two attached hydrogens (primary N) is 1. The monoisotopic (exact) mass is 297 g/mol. The van der Waals surface area contributed by atoms with Gasteiger partial charge in [0.05, 0.1) is 6.04 Å². The number of thiophene rings is 1. The lowest BCUT2D eigenvalue weighted by atomic mass is 10.1. The number of pyridine rings is 1. The van der Waals surface area contributed by atoms with Crippen molar-refractivity contribution in [1.82, 2.24) is 10.4 Å². The fourth-order valence-corrected chi connectivity index (χ4v) is 2.66. The molecule has 0 amide bonds. The Bertz CT molecular complexity index is 444. The normalized spacial score (nSPS) is 12.6. The number of hydrogen-bond donors (Lipinski definition) is 2. The quantitative estimate of drug-likeness (QED) is 0.674. The van der Waals surface area contributed by atoms with E-state index in [1.165, 1.54) is 4.88 Å². The summed E-state index contributed by atoms with van der Waals surface area (Å²) >= 11 is 5.15. The molecule has 0 bridgehead atoms. The summed E-state index contributed by atoms with van der Waals surface area (Å²) < 4.78 is 0.969. The topological polar surface area (TPSA) is 50.9 Å². The summed E-state index contributed by atoms with van der Waals surface area (Å²) in [4.78, 5) is 5.45. The summed E-state index contributed by atoms with van der Waals surface area (Å²) in [5.74, 6) is 5.58. The van der Waals surface area contributed by atoms with Crippen molar-refractivity contribution >= 4 is 27.3 Å². The van der Waals surface area contributed by atoms with Crippen LogP contribution in [0.15, 0.2) is 40.4 Å². The molecule has 2 aromatic heterocycles. The third kappa shape index (κ3) is 2.89. The number of nitrogens with zero attached hydrogens (tertiary/aromatic N) is 1. The lowest BCUT2D eigenvalue weighted by molar-refractivity contribution is 0.553. The van der Waals surface area contributed by atoms with Crippen molar-refractivity contribution in [2.75, 3.05) is 0 Å². The van der Waals surface area contributed by atoms with Crippen molar-refractivity contribution in [2.24, 2.45) is 5.84 Å². The van der Waals surface area contributed by atoms with Crippen LogP contribution in [-0.4, -0.2) is 4.98 Å². The summed E-state index contributed by atoms with van der Waals surface area (Å²) in [6, 6.07) is 6.29. The summed E-state index contributed by atoms with van der Waals surface area (Å²) in [6.07, 6.45) is 4.48. The smallest absolute Gasteiger partial charge is 0.0523 e. The zero-order chi connectivity index (χ0) is 11.4. The van der Waals surface area contributed by atoms with Crippen molar-refractivity contribution in [2.45, 2.75) is 12.5 Å².